The van der Waals surface area contributed by atoms with Crippen LogP contribution in [0.3, 0.4) is 0 Å². The molecule has 144 valence electrons. The highest BCUT2D eigenvalue weighted by atomic mass is 16.5. The lowest BCUT2D eigenvalue weighted by molar-refractivity contribution is 0.394. The first-order valence-electron chi connectivity index (χ1n) is 10.2. The molecule has 0 amide bonds. The van der Waals surface area contributed by atoms with Gasteiger partial charge < -0.3 is 14.4 Å². The summed E-state index contributed by atoms with van der Waals surface area (Å²) in [4.78, 5) is 2.52. The molecular weight excluding hydrogens is 310 g/mol. The molecule has 0 fully saturated rings. The Labute approximate surface area is 155 Å². The minimum atomic E-state index is 0.872. The fourth-order valence-electron chi connectivity index (χ4n) is 3.16. The topological polar surface area (TPSA) is 21.7 Å². The Morgan fingerprint density at radius 1 is 0.640 bits per heavy atom. The Balaban J connectivity index is 2.67. The molecule has 3 nitrogen and oxygen atoms in total. The fraction of sp³-hybridized carbons (Fsp3) is 0.727. The zero-order chi connectivity index (χ0) is 18.3. The van der Waals surface area contributed by atoms with Crippen LogP contribution in [0.15, 0.2) is 18.2 Å². The molecule has 0 saturated carbocycles. The summed E-state index contributed by atoms with van der Waals surface area (Å²) in [6.45, 7) is 6.78. The highest BCUT2D eigenvalue weighted by Crippen LogP contribution is 2.29. The third kappa shape index (κ3) is 9.04. The van der Waals surface area contributed by atoms with Crippen LogP contribution in [-0.4, -0.2) is 27.3 Å². The van der Waals surface area contributed by atoms with Crippen molar-refractivity contribution in [3.8, 4) is 11.5 Å². The summed E-state index contributed by atoms with van der Waals surface area (Å²) in [7, 11) is 3.44. The maximum absolute atomic E-state index is 5.46. The van der Waals surface area contributed by atoms with Crippen molar-refractivity contribution in [1.82, 2.24) is 0 Å². The first kappa shape index (κ1) is 21.7. The van der Waals surface area contributed by atoms with Gasteiger partial charge in [-0.3, -0.25) is 0 Å². The fourth-order valence-corrected chi connectivity index (χ4v) is 3.16. The van der Waals surface area contributed by atoms with Crippen LogP contribution in [0.1, 0.15) is 78.1 Å². The molecule has 0 aliphatic heterocycles. The third-order valence-corrected chi connectivity index (χ3v) is 4.76. The molecule has 1 aromatic carbocycles. The summed E-state index contributed by atoms with van der Waals surface area (Å²) in [5.41, 5.74) is 1.22. The van der Waals surface area contributed by atoms with Crippen LogP contribution in [0.5, 0.6) is 11.5 Å². The van der Waals surface area contributed by atoms with Gasteiger partial charge >= 0.3 is 0 Å². The lowest BCUT2D eigenvalue weighted by Crippen LogP contribution is -2.25. The molecule has 0 atom stereocenters. The van der Waals surface area contributed by atoms with E-state index < -0.39 is 0 Å². The molecule has 25 heavy (non-hydrogen) atoms. The molecule has 3 heteroatoms. The Morgan fingerprint density at radius 2 is 1.08 bits per heavy atom. The zero-order valence-corrected chi connectivity index (χ0v) is 17.0. The van der Waals surface area contributed by atoms with Crippen LogP contribution in [-0.2, 0) is 0 Å². The van der Waals surface area contributed by atoms with Crippen molar-refractivity contribution in [2.24, 2.45) is 0 Å². The smallest absolute Gasteiger partial charge is 0.124 e. The maximum Gasteiger partial charge on any atom is 0.124 e. The van der Waals surface area contributed by atoms with Gasteiger partial charge in [-0.05, 0) is 12.8 Å². The maximum atomic E-state index is 5.46. The Hall–Kier alpha value is -1.38. The summed E-state index contributed by atoms with van der Waals surface area (Å²) in [5, 5.41) is 0. The van der Waals surface area contributed by atoms with Gasteiger partial charge in [0.05, 0.1) is 14.2 Å². The van der Waals surface area contributed by atoms with Gasteiger partial charge in [0.25, 0.3) is 0 Å². The molecule has 1 rings (SSSR count). The van der Waals surface area contributed by atoms with Gasteiger partial charge in [-0.1, -0.05) is 65.2 Å². The number of unbranched alkanes of at least 4 members (excludes halogenated alkanes) is 8. The molecule has 0 spiro atoms. The number of rotatable bonds is 15. The number of benzene rings is 1. The second-order valence-corrected chi connectivity index (χ2v) is 6.89. The number of hydrogen-bond acceptors (Lipinski definition) is 3. The first-order valence-corrected chi connectivity index (χ1v) is 10.2. The van der Waals surface area contributed by atoms with Gasteiger partial charge in [0, 0.05) is 37.0 Å². The Morgan fingerprint density at radius 3 is 1.48 bits per heavy atom. The van der Waals surface area contributed by atoms with Crippen molar-refractivity contribution >= 4 is 5.69 Å². The number of nitrogens with zero attached hydrogens (tertiary/aromatic N) is 1. The van der Waals surface area contributed by atoms with Gasteiger partial charge in [-0.25, -0.2) is 0 Å². The molecule has 1 aromatic rings. The summed E-state index contributed by atoms with van der Waals surface area (Å²) in [6.07, 6.45) is 13.2. The van der Waals surface area contributed by atoms with Crippen molar-refractivity contribution in [3.05, 3.63) is 18.2 Å². The zero-order valence-electron chi connectivity index (χ0n) is 17.0. The van der Waals surface area contributed by atoms with Gasteiger partial charge in [-0.2, -0.15) is 0 Å². The van der Waals surface area contributed by atoms with Crippen LogP contribution in [0, 0.1) is 0 Å². The monoisotopic (exact) mass is 349 g/mol. The highest BCUT2D eigenvalue weighted by molar-refractivity contribution is 5.55. The van der Waals surface area contributed by atoms with E-state index in [1.54, 1.807) is 14.2 Å². The minimum Gasteiger partial charge on any atom is -0.497 e. The molecule has 0 saturated heterocycles. The normalized spacial score (nSPS) is 10.7. The predicted octanol–water partition coefficient (Wildman–Crippen LogP) is 6.45. The van der Waals surface area contributed by atoms with Gasteiger partial charge in [0.1, 0.15) is 11.5 Å². The highest BCUT2D eigenvalue weighted by Gasteiger charge is 2.10. The average molecular weight is 350 g/mol. The molecule has 0 radical (unpaired) electrons. The number of hydrogen-bond donors (Lipinski definition) is 0. The first-order chi connectivity index (χ1) is 12.2. The molecule has 0 aliphatic rings. The third-order valence-electron chi connectivity index (χ3n) is 4.76. The molecule has 0 aromatic heterocycles. The second kappa shape index (κ2) is 13.9. The van der Waals surface area contributed by atoms with Crippen molar-refractivity contribution in [3.63, 3.8) is 0 Å². The second-order valence-electron chi connectivity index (χ2n) is 6.89. The quantitative estimate of drug-likeness (QED) is 0.340. The van der Waals surface area contributed by atoms with Crippen molar-refractivity contribution in [2.75, 3.05) is 32.2 Å². The van der Waals surface area contributed by atoms with Crippen molar-refractivity contribution < 1.29 is 9.47 Å². The number of methoxy groups -OCH3 is 2. The van der Waals surface area contributed by atoms with E-state index in [1.165, 1.54) is 69.9 Å². The summed E-state index contributed by atoms with van der Waals surface area (Å²) < 4.78 is 10.9. The Kier molecular flexibility index (Phi) is 12.0. The summed E-state index contributed by atoms with van der Waals surface area (Å²) >= 11 is 0. The van der Waals surface area contributed by atoms with Crippen LogP contribution in [0.4, 0.5) is 5.69 Å². The largest absolute Gasteiger partial charge is 0.497 e. The molecule has 0 aliphatic carbocycles. The van der Waals surface area contributed by atoms with Crippen LogP contribution in [0.25, 0.3) is 0 Å². The van der Waals surface area contributed by atoms with E-state index in [1.807, 2.05) is 6.07 Å². The predicted molar refractivity (Wildman–Crippen MR) is 109 cm³/mol. The number of anilines is 1. The van der Waals surface area contributed by atoms with E-state index in [0.717, 1.165) is 24.6 Å². The van der Waals surface area contributed by atoms with Gasteiger partial charge in [0.2, 0.25) is 0 Å². The molecular formula is C22H39NO2. The lowest BCUT2D eigenvalue weighted by atomic mass is 10.1. The molecule has 0 N–H and O–H groups in total. The number of ether oxygens (including phenoxy) is 2. The standard InChI is InChI=1S/C22H39NO2/c1-5-7-9-11-13-15-23(16-14-12-10-8-6-2)20-17-21(24-3)19-22(18-20)25-4/h17-19H,5-16H2,1-4H3. The summed E-state index contributed by atoms with van der Waals surface area (Å²) in [5.74, 6) is 1.74. The van der Waals surface area contributed by atoms with Crippen LogP contribution >= 0.6 is 0 Å². The average Bonchev–Trinajstić information content (AvgIpc) is 2.65. The van der Waals surface area contributed by atoms with Crippen LogP contribution < -0.4 is 14.4 Å². The van der Waals surface area contributed by atoms with E-state index >= 15 is 0 Å². The molecule has 0 heterocycles. The van der Waals surface area contributed by atoms with E-state index in [9.17, 15) is 0 Å². The summed E-state index contributed by atoms with van der Waals surface area (Å²) in [6, 6.07) is 6.23. The van der Waals surface area contributed by atoms with Gasteiger partial charge in [-0.15, -0.1) is 0 Å². The molecule has 0 bridgehead atoms. The lowest BCUT2D eigenvalue weighted by Gasteiger charge is -2.26. The van der Waals surface area contributed by atoms with Gasteiger partial charge in [0.15, 0.2) is 0 Å². The van der Waals surface area contributed by atoms with E-state index in [2.05, 4.69) is 30.9 Å². The van der Waals surface area contributed by atoms with E-state index in [0.29, 0.717) is 0 Å². The van der Waals surface area contributed by atoms with Crippen LogP contribution in [0.2, 0.25) is 0 Å². The minimum absolute atomic E-state index is 0.872. The van der Waals surface area contributed by atoms with Crippen molar-refractivity contribution in [1.29, 1.82) is 0 Å². The van der Waals surface area contributed by atoms with Crippen molar-refractivity contribution in [2.45, 2.75) is 78.1 Å². The Bertz CT molecular complexity index is 411. The molecule has 0 unspecified atom stereocenters. The SMILES string of the molecule is CCCCCCCN(CCCCCCC)c1cc(OC)cc(OC)c1. The van der Waals surface area contributed by atoms with E-state index in [-0.39, 0.29) is 0 Å². The van der Waals surface area contributed by atoms with E-state index in [4.69, 9.17) is 9.47 Å².